The maximum Gasteiger partial charge on any atom is 0.0325 e. The number of rotatable bonds is 0. The summed E-state index contributed by atoms with van der Waals surface area (Å²) in [6.07, 6.45) is 7.10. The molecule has 0 saturated heterocycles. The first-order valence-corrected chi connectivity index (χ1v) is 4.59. The van der Waals surface area contributed by atoms with Crippen LogP contribution in [0, 0.1) is 5.41 Å². The van der Waals surface area contributed by atoms with Crippen molar-refractivity contribution in [2.24, 2.45) is 0 Å². The predicted molar refractivity (Wildman–Crippen MR) is 52.3 cm³/mol. The van der Waals surface area contributed by atoms with E-state index in [1.807, 2.05) is 6.08 Å². The minimum atomic E-state index is 0.723. The van der Waals surface area contributed by atoms with Gasteiger partial charge in [-0.1, -0.05) is 21.5 Å². The molecule has 1 aliphatic carbocycles. The molecule has 0 saturated carbocycles. The Balaban J connectivity index is 2.80. The molecule has 0 heterocycles. The van der Waals surface area contributed by atoms with Crippen LogP contribution in [0.25, 0.3) is 0 Å². The van der Waals surface area contributed by atoms with E-state index in [2.05, 4.69) is 28.9 Å². The summed E-state index contributed by atoms with van der Waals surface area (Å²) in [7, 11) is 0. The molecule has 0 bridgehead atoms. The molecule has 0 aromatic carbocycles. The van der Waals surface area contributed by atoms with Crippen LogP contribution in [-0.2, 0) is 0 Å². The van der Waals surface area contributed by atoms with E-state index in [0.29, 0.717) is 0 Å². The van der Waals surface area contributed by atoms with Gasteiger partial charge in [-0.2, -0.15) is 0 Å². The Morgan fingerprint density at radius 2 is 2.09 bits per heavy atom. The Morgan fingerprint density at radius 1 is 1.36 bits per heavy atom. The summed E-state index contributed by atoms with van der Waals surface area (Å²) in [5.41, 5.74) is 2.11. The Hall–Kier alpha value is -0.370. The second-order valence-corrected chi connectivity index (χ2v) is 3.81. The molecular formula is C9H12BrN. The number of allylic oxidation sites excluding steroid dienone is 4. The summed E-state index contributed by atoms with van der Waals surface area (Å²) < 4.78 is 1.03. The molecule has 2 heteroatoms. The number of nitrogens with one attached hydrogen (secondary N) is 1. The summed E-state index contributed by atoms with van der Waals surface area (Å²) in [5.74, 6) is 0. The van der Waals surface area contributed by atoms with Crippen LogP contribution in [0.2, 0.25) is 0 Å². The van der Waals surface area contributed by atoms with Gasteiger partial charge in [0.1, 0.15) is 0 Å². The molecule has 0 aromatic rings. The molecular weight excluding hydrogens is 202 g/mol. The SMILES string of the molecule is CC1=C/C(Br)=C\C(=N)CCC1. The highest BCUT2D eigenvalue weighted by Crippen LogP contribution is 2.18. The normalized spacial score (nSPS) is 24.7. The van der Waals surface area contributed by atoms with E-state index in [-0.39, 0.29) is 0 Å². The standard InChI is InChI=1S/C9H12BrN/c1-7-3-2-4-9(11)6-8(10)5-7/h5-6,11H,2-4H2,1H3/b7-5?,8-6+,11-9?. The Labute approximate surface area is 75.8 Å². The topological polar surface area (TPSA) is 23.9 Å². The van der Waals surface area contributed by atoms with Crippen molar-refractivity contribution in [1.82, 2.24) is 0 Å². The van der Waals surface area contributed by atoms with E-state index < -0.39 is 0 Å². The minimum absolute atomic E-state index is 0.723. The van der Waals surface area contributed by atoms with Crippen molar-refractivity contribution < 1.29 is 0 Å². The molecule has 0 aromatic heterocycles. The lowest BCUT2D eigenvalue weighted by Crippen LogP contribution is -1.95. The molecule has 0 fully saturated rings. The zero-order valence-corrected chi connectivity index (χ0v) is 8.24. The zero-order valence-electron chi connectivity index (χ0n) is 6.65. The Morgan fingerprint density at radius 3 is 2.82 bits per heavy atom. The van der Waals surface area contributed by atoms with E-state index in [1.54, 1.807) is 0 Å². The van der Waals surface area contributed by atoms with Gasteiger partial charge in [0, 0.05) is 10.2 Å². The summed E-state index contributed by atoms with van der Waals surface area (Å²) in [6.45, 7) is 2.13. The van der Waals surface area contributed by atoms with Gasteiger partial charge in [0.05, 0.1) is 0 Å². The highest BCUT2D eigenvalue weighted by molar-refractivity contribution is 9.11. The molecule has 0 amide bonds. The third kappa shape index (κ3) is 3.02. The van der Waals surface area contributed by atoms with Crippen LogP contribution in [0.4, 0.5) is 0 Å². The molecule has 0 radical (unpaired) electrons. The highest BCUT2D eigenvalue weighted by Gasteiger charge is 2.00. The quantitative estimate of drug-likeness (QED) is 0.638. The van der Waals surface area contributed by atoms with Crippen LogP contribution in [-0.4, -0.2) is 5.71 Å². The molecule has 1 rings (SSSR count). The van der Waals surface area contributed by atoms with Gasteiger partial charge in [0.15, 0.2) is 0 Å². The molecule has 0 unspecified atom stereocenters. The molecule has 11 heavy (non-hydrogen) atoms. The minimum Gasteiger partial charge on any atom is -0.305 e. The summed E-state index contributed by atoms with van der Waals surface area (Å²) in [6, 6.07) is 0. The van der Waals surface area contributed by atoms with E-state index in [9.17, 15) is 0 Å². The maximum absolute atomic E-state index is 7.49. The highest BCUT2D eigenvalue weighted by atomic mass is 79.9. The van der Waals surface area contributed by atoms with Gasteiger partial charge in [-0.3, -0.25) is 0 Å². The van der Waals surface area contributed by atoms with E-state index in [0.717, 1.165) is 29.5 Å². The first kappa shape index (κ1) is 8.72. The van der Waals surface area contributed by atoms with Crippen LogP contribution < -0.4 is 0 Å². The third-order valence-corrected chi connectivity index (χ3v) is 2.17. The predicted octanol–water partition coefficient (Wildman–Crippen LogP) is 3.42. The fourth-order valence-electron chi connectivity index (χ4n) is 1.15. The fourth-order valence-corrected chi connectivity index (χ4v) is 1.81. The van der Waals surface area contributed by atoms with Crippen molar-refractivity contribution in [3.05, 3.63) is 22.2 Å². The molecule has 1 aliphatic rings. The smallest absolute Gasteiger partial charge is 0.0325 e. The largest absolute Gasteiger partial charge is 0.305 e. The summed E-state index contributed by atoms with van der Waals surface area (Å²) >= 11 is 3.40. The lowest BCUT2D eigenvalue weighted by Gasteiger charge is -2.05. The van der Waals surface area contributed by atoms with Crippen molar-refractivity contribution in [1.29, 1.82) is 5.41 Å². The molecule has 1 N–H and O–H groups in total. The van der Waals surface area contributed by atoms with Gasteiger partial charge in [0.25, 0.3) is 0 Å². The molecule has 1 nitrogen and oxygen atoms in total. The number of hydrogen-bond donors (Lipinski definition) is 1. The van der Waals surface area contributed by atoms with Crippen LogP contribution in [0.3, 0.4) is 0 Å². The molecule has 0 atom stereocenters. The van der Waals surface area contributed by atoms with Gasteiger partial charge in [-0.15, -0.1) is 0 Å². The van der Waals surface area contributed by atoms with Crippen LogP contribution in [0.1, 0.15) is 26.2 Å². The molecule has 60 valence electrons. The van der Waals surface area contributed by atoms with Crippen LogP contribution >= 0.6 is 15.9 Å². The number of halogens is 1. The van der Waals surface area contributed by atoms with Crippen molar-refractivity contribution in [3.8, 4) is 0 Å². The first-order chi connectivity index (χ1) is 5.18. The second kappa shape index (κ2) is 3.86. The van der Waals surface area contributed by atoms with Crippen LogP contribution in [0.5, 0.6) is 0 Å². The monoisotopic (exact) mass is 213 g/mol. The lowest BCUT2D eigenvalue weighted by atomic mass is 10.0. The first-order valence-electron chi connectivity index (χ1n) is 3.80. The maximum atomic E-state index is 7.49. The lowest BCUT2D eigenvalue weighted by molar-refractivity contribution is 0.849. The molecule has 0 aliphatic heterocycles. The van der Waals surface area contributed by atoms with Gasteiger partial charge in [-0.25, -0.2) is 0 Å². The van der Waals surface area contributed by atoms with E-state index in [1.165, 1.54) is 5.57 Å². The Kier molecular flexibility index (Phi) is 3.06. The van der Waals surface area contributed by atoms with Crippen molar-refractivity contribution in [3.63, 3.8) is 0 Å². The van der Waals surface area contributed by atoms with E-state index in [4.69, 9.17) is 5.41 Å². The van der Waals surface area contributed by atoms with E-state index >= 15 is 0 Å². The third-order valence-electron chi connectivity index (χ3n) is 1.71. The second-order valence-electron chi connectivity index (χ2n) is 2.90. The summed E-state index contributed by atoms with van der Waals surface area (Å²) in [5, 5.41) is 7.49. The van der Waals surface area contributed by atoms with Crippen molar-refractivity contribution >= 4 is 21.6 Å². The average Bonchev–Trinajstić information content (AvgIpc) is 1.83. The van der Waals surface area contributed by atoms with Crippen molar-refractivity contribution in [2.45, 2.75) is 26.2 Å². The Bertz CT molecular complexity index is 226. The van der Waals surface area contributed by atoms with Gasteiger partial charge in [0.2, 0.25) is 0 Å². The number of hydrogen-bond acceptors (Lipinski definition) is 1. The van der Waals surface area contributed by atoms with Gasteiger partial charge in [-0.05, 0) is 38.3 Å². The molecule has 0 spiro atoms. The van der Waals surface area contributed by atoms with Crippen LogP contribution in [0.15, 0.2) is 22.2 Å². The van der Waals surface area contributed by atoms with Gasteiger partial charge < -0.3 is 5.41 Å². The van der Waals surface area contributed by atoms with Gasteiger partial charge >= 0.3 is 0 Å². The fraction of sp³-hybridized carbons (Fsp3) is 0.444. The summed E-state index contributed by atoms with van der Waals surface area (Å²) in [4.78, 5) is 0. The average molecular weight is 214 g/mol. The van der Waals surface area contributed by atoms with Crippen molar-refractivity contribution in [2.75, 3.05) is 0 Å². The zero-order chi connectivity index (χ0) is 8.27.